The number of piperidine rings is 1. The van der Waals surface area contributed by atoms with E-state index in [1.165, 1.54) is 12.1 Å². The predicted octanol–water partition coefficient (Wildman–Crippen LogP) is 4.56. The summed E-state index contributed by atoms with van der Waals surface area (Å²) in [6.07, 6.45) is -0.928. The lowest BCUT2D eigenvalue weighted by Crippen LogP contribution is -2.35. The first-order valence-electron chi connectivity index (χ1n) is 10.9. The molecule has 0 atom stereocenters. The van der Waals surface area contributed by atoms with E-state index in [-0.39, 0.29) is 5.69 Å². The van der Waals surface area contributed by atoms with Crippen LogP contribution in [0.3, 0.4) is 0 Å². The fraction of sp³-hybridized carbons (Fsp3) is 0.435. The van der Waals surface area contributed by atoms with Gasteiger partial charge in [-0.15, -0.1) is 5.10 Å². The van der Waals surface area contributed by atoms with Gasteiger partial charge in [-0.2, -0.15) is 13.2 Å². The van der Waals surface area contributed by atoms with Crippen LogP contribution in [0, 0.1) is 5.41 Å². The first-order chi connectivity index (χ1) is 15.5. The number of nitrogens with one attached hydrogen (secondary N) is 3. The molecule has 0 spiro atoms. The van der Waals surface area contributed by atoms with Gasteiger partial charge >= 0.3 is 6.18 Å². The highest BCUT2D eigenvalue weighted by molar-refractivity contribution is 5.96. The maximum atomic E-state index is 13.5. The molecule has 1 fully saturated rings. The summed E-state index contributed by atoms with van der Waals surface area (Å²) in [5, 5.41) is 13.7. The molecule has 1 aromatic carbocycles. The lowest BCUT2D eigenvalue weighted by atomic mass is 9.95. The minimum absolute atomic E-state index is 0.293. The molecule has 3 aromatic rings. The first-order valence-corrected chi connectivity index (χ1v) is 10.9. The van der Waals surface area contributed by atoms with Crippen LogP contribution < -0.4 is 16.0 Å². The zero-order chi connectivity index (χ0) is 23.8. The van der Waals surface area contributed by atoms with Crippen LogP contribution in [0.1, 0.15) is 39.2 Å². The molecule has 7 nitrogen and oxygen atoms in total. The van der Waals surface area contributed by atoms with Gasteiger partial charge in [-0.05, 0) is 50.2 Å². The second-order valence-electron chi connectivity index (χ2n) is 9.28. The van der Waals surface area contributed by atoms with Crippen molar-refractivity contribution in [2.24, 2.45) is 5.41 Å². The van der Waals surface area contributed by atoms with Crippen LogP contribution in [-0.4, -0.2) is 39.6 Å². The molecule has 0 radical (unpaired) electrons. The van der Waals surface area contributed by atoms with Crippen LogP contribution in [0.15, 0.2) is 36.5 Å². The van der Waals surface area contributed by atoms with E-state index in [0.717, 1.165) is 32.0 Å². The number of amides is 1. The van der Waals surface area contributed by atoms with Crippen molar-refractivity contribution in [2.45, 2.75) is 45.8 Å². The quantitative estimate of drug-likeness (QED) is 0.532. The summed E-state index contributed by atoms with van der Waals surface area (Å²) >= 11 is 0. The number of benzene rings is 1. The lowest BCUT2D eigenvalue weighted by Gasteiger charge is -2.23. The number of hydrogen-bond donors (Lipinski definition) is 3. The number of halogens is 3. The Hall–Kier alpha value is -3.14. The van der Waals surface area contributed by atoms with Gasteiger partial charge in [0.05, 0.1) is 23.1 Å². The molecular weight excluding hydrogens is 433 g/mol. The van der Waals surface area contributed by atoms with Crippen LogP contribution in [0.2, 0.25) is 0 Å². The molecule has 0 bridgehead atoms. The monoisotopic (exact) mass is 460 g/mol. The predicted molar refractivity (Wildman–Crippen MR) is 121 cm³/mol. The molecule has 2 aromatic heterocycles. The van der Waals surface area contributed by atoms with E-state index in [4.69, 9.17) is 0 Å². The lowest BCUT2D eigenvalue weighted by molar-refractivity contribution is -0.137. The Labute approximate surface area is 189 Å². The van der Waals surface area contributed by atoms with Gasteiger partial charge < -0.3 is 16.0 Å². The molecule has 1 aliphatic rings. The van der Waals surface area contributed by atoms with Crippen molar-refractivity contribution in [2.75, 3.05) is 23.7 Å². The van der Waals surface area contributed by atoms with Gasteiger partial charge in [0.15, 0.2) is 5.65 Å². The van der Waals surface area contributed by atoms with Gasteiger partial charge in [0, 0.05) is 17.0 Å². The van der Waals surface area contributed by atoms with E-state index in [0.29, 0.717) is 28.8 Å². The Morgan fingerprint density at radius 1 is 1.12 bits per heavy atom. The summed E-state index contributed by atoms with van der Waals surface area (Å²) in [4.78, 5) is 16.9. The van der Waals surface area contributed by atoms with E-state index >= 15 is 0 Å². The number of rotatable bonds is 4. The SMILES string of the molecule is CC(C)(C)C(=O)Nc1cc(-c2cn3nc(NC4CCNCC4)ccc3n2)ccc1C(F)(F)F. The van der Waals surface area contributed by atoms with Crippen LogP contribution in [0.4, 0.5) is 24.7 Å². The van der Waals surface area contributed by atoms with E-state index in [1.807, 2.05) is 12.1 Å². The molecule has 33 heavy (non-hydrogen) atoms. The molecule has 0 saturated carbocycles. The first kappa shape index (κ1) is 23.0. The molecule has 3 heterocycles. The number of alkyl halides is 3. The molecule has 1 saturated heterocycles. The molecule has 176 valence electrons. The van der Waals surface area contributed by atoms with Crippen molar-refractivity contribution in [3.63, 3.8) is 0 Å². The fourth-order valence-electron chi connectivity index (χ4n) is 3.64. The summed E-state index contributed by atoms with van der Waals surface area (Å²) in [5.74, 6) is 0.208. The second-order valence-corrected chi connectivity index (χ2v) is 9.28. The highest BCUT2D eigenvalue weighted by Crippen LogP contribution is 2.37. The van der Waals surface area contributed by atoms with Crippen molar-refractivity contribution in [3.8, 4) is 11.3 Å². The second kappa shape index (κ2) is 8.66. The number of hydrogen-bond acceptors (Lipinski definition) is 5. The fourth-order valence-corrected chi connectivity index (χ4v) is 3.64. The summed E-state index contributed by atoms with van der Waals surface area (Å²) < 4.78 is 42.2. The van der Waals surface area contributed by atoms with Gasteiger partial charge in [0.25, 0.3) is 0 Å². The Kier molecular flexibility index (Phi) is 6.04. The molecule has 1 aliphatic heterocycles. The van der Waals surface area contributed by atoms with E-state index in [2.05, 4.69) is 26.0 Å². The van der Waals surface area contributed by atoms with Crippen molar-refractivity contribution >= 4 is 23.1 Å². The van der Waals surface area contributed by atoms with Gasteiger partial charge in [-0.25, -0.2) is 9.50 Å². The number of carbonyl (C=O) groups is 1. The van der Waals surface area contributed by atoms with Gasteiger partial charge in [-0.3, -0.25) is 4.79 Å². The zero-order valence-corrected chi connectivity index (χ0v) is 18.8. The van der Waals surface area contributed by atoms with Gasteiger partial charge in [0.2, 0.25) is 5.91 Å². The highest BCUT2D eigenvalue weighted by atomic mass is 19.4. The number of aromatic nitrogens is 3. The van der Waals surface area contributed by atoms with E-state index in [9.17, 15) is 18.0 Å². The molecule has 0 unspecified atom stereocenters. The van der Waals surface area contributed by atoms with E-state index < -0.39 is 23.1 Å². The van der Waals surface area contributed by atoms with Crippen molar-refractivity contribution in [3.05, 3.63) is 42.1 Å². The number of anilines is 2. The van der Waals surface area contributed by atoms with Gasteiger partial charge in [-0.1, -0.05) is 26.8 Å². The Balaban J connectivity index is 1.65. The third kappa shape index (κ3) is 5.27. The highest BCUT2D eigenvalue weighted by Gasteiger charge is 2.35. The van der Waals surface area contributed by atoms with Gasteiger partial charge in [0.1, 0.15) is 5.82 Å². The normalized spacial score (nSPS) is 15.6. The molecule has 0 aliphatic carbocycles. The number of imidazole rings is 1. The van der Waals surface area contributed by atoms with Crippen LogP contribution >= 0.6 is 0 Å². The van der Waals surface area contributed by atoms with Crippen LogP contribution in [0.25, 0.3) is 16.9 Å². The summed E-state index contributed by atoms with van der Waals surface area (Å²) in [6, 6.07) is 7.62. The van der Waals surface area contributed by atoms with Crippen molar-refractivity contribution < 1.29 is 18.0 Å². The van der Waals surface area contributed by atoms with Crippen molar-refractivity contribution in [1.29, 1.82) is 0 Å². The topological polar surface area (TPSA) is 83.4 Å². The summed E-state index contributed by atoms with van der Waals surface area (Å²) in [5.41, 5.74) is -0.561. The molecule has 1 amide bonds. The Morgan fingerprint density at radius 3 is 2.52 bits per heavy atom. The minimum Gasteiger partial charge on any atom is -0.366 e. The Morgan fingerprint density at radius 2 is 1.85 bits per heavy atom. The third-order valence-electron chi connectivity index (χ3n) is 5.56. The maximum Gasteiger partial charge on any atom is 0.418 e. The standard InChI is InChI=1S/C23H27F3N6O/c1-22(2,3)21(33)30-17-12-14(4-5-16(17)23(24,25)26)18-13-32-20(29-18)7-6-19(31-32)28-15-8-10-27-11-9-15/h4-7,12-13,15,27H,8-11H2,1-3H3,(H,28,31)(H,30,33). The largest absolute Gasteiger partial charge is 0.418 e. The van der Waals surface area contributed by atoms with Crippen LogP contribution in [0.5, 0.6) is 0 Å². The average Bonchev–Trinajstić information content (AvgIpc) is 3.16. The van der Waals surface area contributed by atoms with Crippen LogP contribution in [-0.2, 0) is 11.0 Å². The smallest absolute Gasteiger partial charge is 0.366 e. The molecule has 3 N–H and O–H groups in total. The number of carbonyl (C=O) groups excluding carboxylic acids is 1. The summed E-state index contributed by atoms with van der Waals surface area (Å²) in [6.45, 7) is 6.84. The molecule has 4 rings (SSSR count). The van der Waals surface area contributed by atoms with Crippen molar-refractivity contribution in [1.82, 2.24) is 19.9 Å². The average molecular weight is 461 g/mol. The summed E-state index contributed by atoms with van der Waals surface area (Å²) in [7, 11) is 0. The Bertz CT molecular complexity index is 1160. The zero-order valence-electron chi connectivity index (χ0n) is 18.8. The third-order valence-corrected chi connectivity index (χ3v) is 5.56. The maximum absolute atomic E-state index is 13.5. The molecule has 10 heteroatoms. The molecular formula is C23H27F3N6O. The van der Waals surface area contributed by atoms with E-state index in [1.54, 1.807) is 31.5 Å². The number of nitrogens with zero attached hydrogens (tertiary/aromatic N) is 3. The minimum atomic E-state index is -4.60. The number of fused-ring (bicyclic) bond motifs is 1.